The number of rotatable bonds is 2. The van der Waals surface area contributed by atoms with Crippen LogP contribution in [0.15, 0.2) is 12.2 Å². The van der Waals surface area contributed by atoms with Crippen molar-refractivity contribution in [2.24, 2.45) is 11.3 Å². The molecule has 1 N–H and O–H groups in total. The van der Waals surface area contributed by atoms with Gasteiger partial charge in [-0.1, -0.05) is 25.0 Å². The molecular weight excluding hydrogens is 202 g/mol. The normalized spacial score (nSPS) is 36.8. The topological polar surface area (TPSA) is 40.5 Å². The molecule has 3 heteroatoms. The van der Waals surface area contributed by atoms with Crippen molar-refractivity contribution in [2.75, 3.05) is 13.1 Å². The Hall–Kier alpha value is -0.830. The van der Waals surface area contributed by atoms with Gasteiger partial charge in [0, 0.05) is 19.1 Å². The van der Waals surface area contributed by atoms with Crippen molar-refractivity contribution in [1.29, 1.82) is 0 Å². The van der Waals surface area contributed by atoms with Crippen LogP contribution in [0.3, 0.4) is 0 Å². The Morgan fingerprint density at radius 3 is 2.50 bits per heavy atom. The van der Waals surface area contributed by atoms with Gasteiger partial charge in [-0.05, 0) is 24.7 Å². The van der Waals surface area contributed by atoms with E-state index in [0.717, 1.165) is 6.42 Å². The molecule has 0 radical (unpaired) electrons. The number of carboxylic acids is 1. The maximum atomic E-state index is 10.9. The zero-order valence-electron chi connectivity index (χ0n) is 9.56. The molecule has 2 fully saturated rings. The van der Waals surface area contributed by atoms with E-state index in [4.69, 9.17) is 5.11 Å². The van der Waals surface area contributed by atoms with E-state index in [9.17, 15) is 4.79 Å². The highest BCUT2D eigenvalue weighted by molar-refractivity contribution is 5.73. The highest BCUT2D eigenvalue weighted by atomic mass is 16.4. The fourth-order valence-electron chi connectivity index (χ4n) is 3.62. The first-order chi connectivity index (χ1) is 7.69. The lowest BCUT2D eigenvalue weighted by Crippen LogP contribution is -2.58. The van der Waals surface area contributed by atoms with Gasteiger partial charge < -0.3 is 5.11 Å². The Labute approximate surface area is 96.1 Å². The zero-order valence-corrected chi connectivity index (χ0v) is 9.56. The molecule has 0 aromatic rings. The second-order valence-electron chi connectivity index (χ2n) is 5.74. The molecule has 0 aromatic heterocycles. The molecule has 3 nitrogen and oxygen atoms in total. The predicted octanol–water partition coefficient (Wildman–Crippen LogP) is 1.89. The van der Waals surface area contributed by atoms with Gasteiger partial charge in [-0.15, -0.1) is 0 Å². The van der Waals surface area contributed by atoms with Crippen LogP contribution in [0, 0.1) is 11.3 Å². The maximum Gasteiger partial charge on any atom is 0.310 e. The van der Waals surface area contributed by atoms with Gasteiger partial charge in [0.05, 0.1) is 5.92 Å². The monoisotopic (exact) mass is 221 g/mol. The number of hydrogen-bond donors (Lipinski definition) is 1. The molecule has 2 aliphatic carbocycles. The van der Waals surface area contributed by atoms with E-state index in [1.807, 2.05) is 6.08 Å². The number of aliphatic carboxylic acids is 1. The molecular formula is C13H19NO2. The Balaban J connectivity index is 1.55. The molecule has 1 heterocycles. The summed E-state index contributed by atoms with van der Waals surface area (Å²) in [5.41, 5.74) is 0.620. The molecule has 1 saturated carbocycles. The molecule has 3 aliphatic rings. The zero-order chi connectivity index (χ0) is 11.2. The minimum Gasteiger partial charge on any atom is -0.481 e. The fourth-order valence-corrected chi connectivity index (χ4v) is 3.62. The summed E-state index contributed by atoms with van der Waals surface area (Å²) in [5.74, 6) is -0.917. The highest BCUT2D eigenvalue weighted by Crippen LogP contribution is 2.47. The number of nitrogens with zero attached hydrogens (tertiary/aromatic N) is 1. The first-order valence-corrected chi connectivity index (χ1v) is 6.34. The summed E-state index contributed by atoms with van der Waals surface area (Å²) in [4.78, 5) is 13.3. The van der Waals surface area contributed by atoms with Crippen molar-refractivity contribution in [2.45, 2.75) is 38.1 Å². The summed E-state index contributed by atoms with van der Waals surface area (Å²) in [7, 11) is 0. The Kier molecular flexibility index (Phi) is 2.32. The number of likely N-dealkylation sites (tertiary alicyclic amines) is 1. The highest BCUT2D eigenvalue weighted by Gasteiger charge is 2.47. The van der Waals surface area contributed by atoms with Gasteiger partial charge in [-0.2, -0.15) is 0 Å². The molecule has 1 spiro atoms. The van der Waals surface area contributed by atoms with Crippen LogP contribution in [-0.4, -0.2) is 35.1 Å². The van der Waals surface area contributed by atoms with E-state index in [-0.39, 0.29) is 5.92 Å². The van der Waals surface area contributed by atoms with Crippen molar-refractivity contribution in [3.63, 3.8) is 0 Å². The largest absolute Gasteiger partial charge is 0.481 e. The molecule has 0 amide bonds. The van der Waals surface area contributed by atoms with Crippen LogP contribution in [0.2, 0.25) is 0 Å². The van der Waals surface area contributed by atoms with Gasteiger partial charge in [0.25, 0.3) is 0 Å². The molecule has 2 atom stereocenters. The number of hydrogen-bond acceptors (Lipinski definition) is 2. The van der Waals surface area contributed by atoms with E-state index in [2.05, 4.69) is 11.0 Å². The molecule has 0 aromatic carbocycles. The third kappa shape index (κ3) is 1.58. The molecule has 0 bridgehead atoms. The predicted molar refractivity (Wildman–Crippen MR) is 61.1 cm³/mol. The van der Waals surface area contributed by atoms with Crippen molar-refractivity contribution < 1.29 is 9.90 Å². The summed E-state index contributed by atoms with van der Waals surface area (Å²) in [6.07, 6.45) is 10.3. The average Bonchev–Trinajstić information content (AvgIpc) is 2.84. The SMILES string of the molecule is O=C(O)C1C=CC(N2CC3(CCCC3)C2)C1. The fraction of sp³-hybridized carbons (Fsp3) is 0.769. The summed E-state index contributed by atoms with van der Waals surface area (Å²) in [5, 5.41) is 8.94. The standard InChI is InChI=1S/C13H19NO2/c15-12(16)10-3-4-11(7-10)14-8-13(9-14)5-1-2-6-13/h3-4,10-11H,1-2,5-9H2,(H,15,16). The van der Waals surface area contributed by atoms with Crippen molar-refractivity contribution in [3.8, 4) is 0 Å². The van der Waals surface area contributed by atoms with Crippen LogP contribution >= 0.6 is 0 Å². The van der Waals surface area contributed by atoms with Gasteiger partial charge in [0.2, 0.25) is 0 Å². The van der Waals surface area contributed by atoms with Crippen LogP contribution in [-0.2, 0) is 4.79 Å². The van der Waals surface area contributed by atoms with Gasteiger partial charge in [0.15, 0.2) is 0 Å². The number of carboxylic acid groups (broad SMARTS) is 1. The smallest absolute Gasteiger partial charge is 0.310 e. The van der Waals surface area contributed by atoms with Crippen LogP contribution in [0.4, 0.5) is 0 Å². The minimum absolute atomic E-state index is 0.245. The van der Waals surface area contributed by atoms with E-state index in [1.165, 1.54) is 38.8 Å². The van der Waals surface area contributed by atoms with Crippen molar-refractivity contribution in [3.05, 3.63) is 12.2 Å². The third-order valence-electron chi connectivity index (χ3n) is 4.59. The van der Waals surface area contributed by atoms with Gasteiger partial charge >= 0.3 is 5.97 Å². The Bertz CT molecular complexity index is 323. The summed E-state index contributed by atoms with van der Waals surface area (Å²) < 4.78 is 0. The van der Waals surface area contributed by atoms with Crippen LogP contribution in [0.1, 0.15) is 32.1 Å². The molecule has 16 heavy (non-hydrogen) atoms. The number of carbonyl (C=O) groups is 1. The lowest BCUT2D eigenvalue weighted by molar-refractivity contribution is -0.140. The Morgan fingerprint density at radius 1 is 1.25 bits per heavy atom. The lowest BCUT2D eigenvalue weighted by atomic mass is 9.77. The quantitative estimate of drug-likeness (QED) is 0.724. The van der Waals surface area contributed by atoms with Crippen molar-refractivity contribution in [1.82, 2.24) is 4.90 Å². The molecule has 88 valence electrons. The van der Waals surface area contributed by atoms with E-state index >= 15 is 0 Å². The lowest BCUT2D eigenvalue weighted by Gasteiger charge is -2.51. The van der Waals surface area contributed by atoms with E-state index < -0.39 is 5.97 Å². The maximum absolute atomic E-state index is 10.9. The molecule has 1 aliphatic heterocycles. The second-order valence-corrected chi connectivity index (χ2v) is 5.74. The third-order valence-corrected chi connectivity index (χ3v) is 4.59. The summed E-state index contributed by atoms with van der Waals surface area (Å²) >= 11 is 0. The van der Waals surface area contributed by atoms with E-state index in [1.54, 1.807) is 0 Å². The van der Waals surface area contributed by atoms with Crippen LogP contribution in [0.25, 0.3) is 0 Å². The average molecular weight is 221 g/mol. The van der Waals surface area contributed by atoms with Crippen molar-refractivity contribution >= 4 is 5.97 Å². The molecule has 3 rings (SSSR count). The summed E-state index contributed by atoms with van der Waals surface area (Å²) in [6, 6.07) is 0.396. The molecule has 2 unspecified atom stereocenters. The van der Waals surface area contributed by atoms with Crippen LogP contribution < -0.4 is 0 Å². The van der Waals surface area contributed by atoms with Gasteiger partial charge in [-0.3, -0.25) is 9.69 Å². The second kappa shape index (κ2) is 3.59. The van der Waals surface area contributed by atoms with Gasteiger partial charge in [0.1, 0.15) is 0 Å². The van der Waals surface area contributed by atoms with Gasteiger partial charge in [-0.25, -0.2) is 0 Å². The molecule has 1 saturated heterocycles. The van der Waals surface area contributed by atoms with Crippen LogP contribution in [0.5, 0.6) is 0 Å². The van der Waals surface area contributed by atoms with E-state index in [0.29, 0.717) is 11.5 Å². The Morgan fingerprint density at radius 2 is 1.94 bits per heavy atom. The summed E-state index contributed by atoms with van der Waals surface area (Å²) in [6.45, 7) is 2.41. The first-order valence-electron chi connectivity index (χ1n) is 6.34. The first kappa shape index (κ1) is 10.3. The minimum atomic E-state index is -0.671.